The SMILES string of the molecule is CCOc1cc(C(Nc2ccc3c(N)nccc3c2)C(=O)NS(=O)(=O)C(C)C)ccc1OC(C)C. The molecule has 0 aliphatic carbocycles. The Bertz CT molecular complexity index is 1310. The molecule has 35 heavy (non-hydrogen) atoms. The van der Waals surface area contributed by atoms with Crippen molar-refractivity contribution in [2.24, 2.45) is 0 Å². The molecular formula is C25H32N4O5S. The molecule has 1 amide bonds. The van der Waals surface area contributed by atoms with Crippen LogP contribution >= 0.6 is 0 Å². The summed E-state index contributed by atoms with van der Waals surface area (Å²) in [5.41, 5.74) is 7.06. The fraction of sp³-hybridized carbons (Fsp3) is 0.360. The fourth-order valence-electron chi connectivity index (χ4n) is 3.40. The Morgan fingerprint density at radius 3 is 2.46 bits per heavy atom. The van der Waals surface area contributed by atoms with Crippen molar-refractivity contribution in [3.05, 3.63) is 54.2 Å². The van der Waals surface area contributed by atoms with Crippen LogP contribution in [0.1, 0.15) is 46.2 Å². The van der Waals surface area contributed by atoms with Crippen LogP contribution in [0.5, 0.6) is 11.5 Å². The molecule has 1 aromatic heterocycles. The maximum absolute atomic E-state index is 13.3. The topological polar surface area (TPSA) is 133 Å². The summed E-state index contributed by atoms with van der Waals surface area (Å²) in [5.74, 6) is 0.678. The number of hydrogen-bond acceptors (Lipinski definition) is 8. The van der Waals surface area contributed by atoms with Crippen LogP contribution in [-0.4, -0.2) is 37.3 Å². The molecule has 0 spiro atoms. The average molecular weight is 501 g/mol. The minimum absolute atomic E-state index is 0.0759. The molecule has 0 saturated heterocycles. The van der Waals surface area contributed by atoms with Crippen LogP contribution in [0, 0.1) is 0 Å². The smallest absolute Gasteiger partial charge is 0.260 e. The van der Waals surface area contributed by atoms with Gasteiger partial charge < -0.3 is 20.5 Å². The van der Waals surface area contributed by atoms with Crippen molar-refractivity contribution in [2.45, 2.75) is 52.0 Å². The van der Waals surface area contributed by atoms with E-state index in [-0.39, 0.29) is 6.10 Å². The number of nitrogen functional groups attached to an aromatic ring is 1. The Morgan fingerprint density at radius 1 is 1.06 bits per heavy atom. The lowest BCUT2D eigenvalue weighted by Gasteiger charge is -2.23. The van der Waals surface area contributed by atoms with Crippen molar-refractivity contribution >= 4 is 38.2 Å². The number of pyridine rings is 1. The highest BCUT2D eigenvalue weighted by Crippen LogP contribution is 2.33. The van der Waals surface area contributed by atoms with E-state index in [9.17, 15) is 13.2 Å². The van der Waals surface area contributed by atoms with Crippen molar-refractivity contribution in [3.63, 3.8) is 0 Å². The molecule has 3 aromatic rings. The number of anilines is 2. The lowest BCUT2D eigenvalue weighted by atomic mass is 10.0. The highest BCUT2D eigenvalue weighted by atomic mass is 32.2. The summed E-state index contributed by atoms with van der Waals surface area (Å²) in [5, 5.41) is 3.99. The van der Waals surface area contributed by atoms with Gasteiger partial charge >= 0.3 is 0 Å². The van der Waals surface area contributed by atoms with Crippen molar-refractivity contribution in [3.8, 4) is 11.5 Å². The van der Waals surface area contributed by atoms with Gasteiger partial charge in [0.25, 0.3) is 5.91 Å². The summed E-state index contributed by atoms with van der Waals surface area (Å²) < 4.78 is 38.7. The van der Waals surface area contributed by atoms with Gasteiger partial charge in [-0.2, -0.15) is 0 Å². The van der Waals surface area contributed by atoms with Crippen LogP contribution in [0.25, 0.3) is 10.8 Å². The van der Waals surface area contributed by atoms with E-state index in [0.717, 1.165) is 10.8 Å². The van der Waals surface area contributed by atoms with Gasteiger partial charge in [-0.05, 0) is 82.0 Å². The molecule has 0 aliphatic rings. The Morgan fingerprint density at radius 2 is 1.80 bits per heavy atom. The second-order valence-electron chi connectivity index (χ2n) is 8.58. The van der Waals surface area contributed by atoms with Gasteiger partial charge in [0, 0.05) is 17.3 Å². The van der Waals surface area contributed by atoms with Crippen LogP contribution < -0.4 is 25.2 Å². The van der Waals surface area contributed by atoms with Crippen LogP contribution in [0.4, 0.5) is 11.5 Å². The molecule has 3 rings (SSSR count). The number of rotatable bonds is 10. The monoisotopic (exact) mass is 500 g/mol. The van der Waals surface area contributed by atoms with Crippen LogP contribution in [0.15, 0.2) is 48.7 Å². The molecule has 4 N–H and O–H groups in total. The largest absolute Gasteiger partial charge is 0.490 e. The molecule has 1 unspecified atom stereocenters. The normalized spacial score (nSPS) is 12.5. The molecule has 0 fully saturated rings. The van der Waals surface area contributed by atoms with E-state index in [4.69, 9.17) is 15.2 Å². The van der Waals surface area contributed by atoms with Gasteiger partial charge in [-0.1, -0.05) is 6.07 Å². The van der Waals surface area contributed by atoms with Gasteiger partial charge in [0.05, 0.1) is 18.0 Å². The summed E-state index contributed by atoms with van der Waals surface area (Å²) >= 11 is 0. The second-order valence-corrected chi connectivity index (χ2v) is 10.8. The molecule has 0 bridgehead atoms. The number of fused-ring (bicyclic) bond motifs is 1. The highest BCUT2D eigenvalue weighted by Gasteiger charge is 2.28. The van der Waals surface area contributed by atoms with Gasteiger partial charge in [0.1, 0.15) is 11.9 Å². The summed E-state index contributed by atoms with van der Waals surface area (Å²) in [7, 11) is -3.85. The molecule has 1 heterocycles. The number of nitrogens with one attached hydrogen (secondary N) is 2. The lowest BCUT2D eigenvalue weighted by molar-refractivity contribution is -0.120. The third-order valence-corrected chi connectivity index (χ3v) is 6.92. The van der Waals surface area contributed by atoms with Crippen LogP contribution in [-0.2, 0) is 14.8 Å². The summed E-state index contributed by atoms with van der Waals surface area (Å²) in [4.78, 5) is 17.3. The summed E-state index contributed by atoms with van der Waals surface area (Å²) in [6.07, 6.45) is 1.52. The number of carbonyl (C=O) groups excluding carboxylic acids is 1. The number of benzene rings is 2. The van der Waals surface area contributed by atoms with Crippen molar-refractivity contribution in [2.75, 3.05) is 17.7 Å². The van der Waals surface area contributed by atoms with E-state index >= 15 is 0 Å². The molecule has 0 aliphatic heterocycles. The lowest BCUT2D eigenvalue weighted by Crippen LogP contribution is -2.40. The minimum atomic E-state index is -3.85. The summed E-state index contributed by atoms with van der Waals surface area (Å²) in [6, 6.07) is 11.3. The van der Waals surface area contributed by atoms with Gasteiger partial charge in [-0.3, -0.25) is 9.52 Å². The van der Waals surface area contributed by atoms with E-state index in [1.165, 1.54) is 13.8 Å². The van der Waals surface area contributed by atoms with E-state index < -0.39 is 27.2 Å². The standard InChI is InChI=1S/C25H32N4O5S/c1-6-33-22-14-18(7-10-21(22)34-15(2)3)23(25(30)29-35(31,32)16(4)5)28-19-8-9-20-17(13-19)11-12-27-24(20)26/h7-16,23,28H,6H2,1-5H3,(H2,26,27)(H,29,30). The molecule has 0 radical (unpaired) electrons. The van der Waals surface area contributed by atoms with Crippen molar-refractivity contribution in [1.29, 1.82) is 0 Å². The Hall–Kier alpha value is -3.53. The molecule has 188 valence electrons. The first-order valence-corrected chi connectivity index (χ1v) is 13.0. The summed E-state index contributed by atoms with van der Waals surface area (Å²) in [6.45, 7) is 9.06. The van der Waals surface area contributed by atoms with Gasteiger partial charge in [-0.15, -0.1) is 0 Å². The third-order valence-electron chi connectivity index (χ3n) is 5.20. The maximum Gasteiger partial charge on any atom is 0.260 e. The Balaban J connectivity index is 2.04. The first-order chi connectivity index (χ1) is 16.5. The zero-order valence-corrected chi connectivity index (χ0v) is 21.3. The second kappa shape index (κ2) is 10.8. The van der Waals surface area contributed by atoms with Crippen molar-refractivity contribution < 1.29 is 22.7 Å². The molecular weight excluding hydrogens is 468 g/mol. The van der Waals surface area contributed by atoms with Gasteiger partial charge in [0.2, 0.25) is 10.0 Å². The molecule has 10 heteroatoms. The number of hydrogen-bond donors (Lipinski definition) is 3. The predicted octanol–water partition coefficient (Wildman–Crippen LogP) is 4.01. The predicted molar refractivity (Wildman–Crippen MR) is 138 cm³/mol. The molecule has 9 nitrogen and oxygen atoms in total. The molecule has 1 atom stereocenters. The number of ether oxygens (including phenoxy) is 2. The number of sulfonamides is 1. The van der Waals surface area contributed by atoms with Crippen LogP contribution in [0.2, 0.25) is 0 Å². The van der Waals surface area contributed by atoms with Gasteiger partial charge in [-0.25, -0.2) is 13.4 Å². The number of nitrogens with zero attached hydrogens (tertiary/aromatic N) is 1. The zero-order valence-electron chi connectivity index (χ0n) is 20.5. The zero-order chi connectivity index (χ0) is 25.8. The molecule has 2 aromatic carbocycles. The maximum atomic E-state index is 13.3. The van der Waals surface area contributed by atoms with E-state index in [2.05, 4.69) is 15.0 Å². The quantitative estimate of drug-likeness (QED) is 0.380. The number of nitrogens with two attached hydrogens (primary N) is 1. The Kier molecular flexibility index (Phi) is 8.06. The van der Waals surface area contributed by atoms with Crippen LogP contribution in [0.3, 0.4) is 0 Å². The highest BCUT2D eigenvalue weighted by molar-refractivity contribution is 7.90. The number of carbonyl (C=O) groups is 1. The number of aromatic nitrogens is 1. The average Bonchev–Trinajstić information content (AvgIpc) is 2.78. The third kappa shape index (κ3) is 6.33. The van der Waals surface area contributed by atoms with Gasteiger partial charge in [0.15, 0.2) is 11.5 Å². The van der Waals surface area contributed by atoms with Crippen molar-refractivity contribution in [1.82, 2.24) is 9.71 Å². The minimum Gasteiger partial charge on any atom is -0.490 e. The van der Waals surface area contributed by atoms with E-state index in [1.807, 2.05) is 26.8 Å². The van der Waals surface area contributed by atoms with E-state index in [0.29, 0.717) is 35.2 Å². The van der Waals surface area contributed by atoms with E-state index in [1.54, 1.807) is 42.6 Å². The fourth-order valence-corrected chi connectivity index (χ4v) is 4.03. The number of amides is 1. The Labute approximate surface area is 206 Å². The first-order valence-electron chi connectivity index (χ1n) is 11.4. The molecule has 0 saturated carbocycles. The first kappa shape index (κ1) is 26.1.